The first-order valence-electron chi connectivity index (χ1n) is 12.6. The molecule has 174 valence electrons. The first-order chi connectivity index (χ1) is 16.7. The number of likely N-dealkylation sites (tertiary alicyclic amines) is 1. The smallest absolute Gasteiger partial charge is 0.223 e. The molecular formula is C31H34N2O. The number of benzene rings is 3. The van der Waals surface area contributed by atoms with Gasteiger partial charge in [-0.1, -0.05) is 78.4 Å². The fraction of sp³-hybridized carbons (Fsp3) is 0.323. The lowest BCUT2D eigenvalue weighted by molar-refractivity contribution is -0.130. The minimum atomic E-state index is 0.206. The second-order valence-corrected chi connectivity index (χ2v) is 9.73. The molecule has 0 N–H and O–H groups in total. The minimum Gasteiger partial charge on any atom is -0.343 e. The summed E-state index contributed by atoms with van der Waals surface area (Å²) in [4.78, 5) is 15.3. The molecule has 1 saturated heterocycles. The molecular weight excluding hydrogens is 416 g/mol. The van der Waals surface area contributed by atoms with E-state index >= 15 is 0 Å². The first-order valence-corrected chi connectivity index (χ1v) is 12.6. The first kappa shape index (κ1) is 22.5. The Bertz CT molecular complexity index is 1230. The van der Waals surface area contributed by atoms with E-state index in [0.717, 1.165) is 45.3 Å². The van der Waals surface area contributed by atoms with Crippen molar-refractivity contribution in [2.75, 3.05) is 13.1 Å². The van der Waals surface area contributed by atoms with Crippen molar-refractivity contribution in [2.24, 2.45) is 0 Å². The molecule has 1 amide bonds. The quantitative estimate of drug-likeness (QED) is 0.292. The summed E-state index contributed by atoms with van der Waals surface area (Å²) in [6.45, 7) is 4.80. The largest absolute Gasteiger partial charge is 0.343 e. The molecule has 34 heavy (non-hydrogen) atoms. The van der Waals surface area contributed by atoms with Crippen molar-refractivity contribution in [3.05, 3.63) is 107 Å². The van der Waals surface area contributed by atoms with Crippen LogP contribution in [-0.4, -0.2) is 28.5 Å². The average molecular weight is 451 g/mol. The lowest BCUT2D eigenvalue weighted by Gasteiger charge is -2.21. The van der Waals surface area contributed by atoms with Gasteiger partial charge in [-0.3, -0.25) is 4.79 Å². The van der Waals surface area contributed by atoms with Gasteiger partial charge in [-0.2, -0.15) is 0 Å². The van der Waals surface area contributed by atoms with Crippen LogP contribution < -0.4 is 0 Å². The number of aromatic nitrogens is 1. The van der Waals surface area contributed by atoms with Crippen molar-refractivity contribution in [2.45, 2.75) is 51.5 Å². The summed E-state index contributed by atoms with van der Waals surface area (Å²) >= 11 is 0. The van der Waals surface area contributed by atoms with Crippen LogP contribution in [0.2, 0.25) is 0 Å². The highest BCUT2D eigenvalue weighted by molar-refractivity contribution is 5.86. The van der Waals surface area contributed by atoms with Crippen molar-refractivity contribution in [1.29, 1.82) is 0 Å². The number of nitrogens with zero attached hydrogens (tertiary/aromatic N) is 2. The number of para-hydroxylation sites is 1. The molecule has 0 aliphatic carbocycles. The van der Waals surface area contributed by atoms with E-state index in [2.05, 4.69) is 101 Å². The van der Waals surface area contributed by atoms with Crippen LogP contribution >= 0.6 is 0 Å². The van der Waals surface area contributed by atoms with Crippen LogP contribution in [0.1, 0.15) is 53.9 Å². The van der Waals surface area contributed by atoms with Crippen LogP contribution in [0.4, 0.5) is 0 Å². The molecule has 1 aliphatic heterocycles. The molecule has 1 unspecified atom stereocenters. The molecule has 3 heteroatoms. The summed E-state index contributed by atoms with van der Waals surface area (Å²) in [5.41, 5.74) is 6.47. The molecule has 0 bridgehead atoms. The Morgan fingerprint density at radius 3 is 2.32 bits per heavy atom. The Kier molecular flexibility index (Phi) is 6.80. The molecule has 1 fully saturated rings. The average Bonchev–Trinajstić information content (AvgIpc) is 3.53. The summed E-state index contributed by atoms with van der Waals surface area (Å²) < 4.78 is 2.37. The lowest BCUT2D eigenvalue weighted by Crippen LogP contribution is -2.29. The third kappa shape index (κ3) is 5.09. The number of aryl methyl sites for hydroxylation is 2. The topological polar surface area (TPSA) is 25.2 Å². The standard InChI is InChI=1S/C31H34N2O/c1-24-13-15-26(16-14-24)22-33-23-29(28-11-5-6-12-30(28)33)27(18-17-25-9-3-2-4-10-25)21-31(34)32-19-7-8-20-32/h2-6,9-16,23,27H,7-8,17-22H2,1H3. The van der Waals surface area contributed by atoms with E-state index in [-0.39, 0.29) is 5.92 Å². The van der Waals surface area contributed by atoms with Crippen LogP contribution in [0.15, 0.2) is 85.1 Å². The zero-order chi connectivity index (χ0) is 23.3. The number of carbonyl (C=O) groups excluding carboxylic acids is 1. The van der Waals surface area contributed by atoms with Gasteiger partial charge in [0, 0.05) is 43.2 Å². The van der Waals surface area contributed by atoms with E-state index in [1.807, 2.05) is 0 Å². The number of rotatable bonds is 8. The maximum absolute atomic E-state index is 13.2. The van der Waals surface area contributed by atoms with Gasteiger partial charge in [-0.25, -0.2) is 0 Å². The third-order valence-corrected chi connectivity index (χ3v) is 7.24. The molecule has 2 heterocycles. The van der Waals surface area contributed by atoms with Crippen molar-refractivity contribution in [3.63, 3.8) is 0 Å². The van der Waals surface area contributed by atoms with Crippen LogP contribution in [0, 0.1) is 6.92 Å². The monoisotopic (exact) mass is 450 g/mol. The Labute approximate surface area is 203 Å². The summed E-state index contributed by atoms with van der Waals surface area (Å²) in [5, 5.41) is 1.28. The van der Waals surface area contributed by atoms with Gasteiger partial charge in [0.1, 0.15) is 0 Å². The number of fused-ring (bicyclic) bond motifs is 1. The van der Waals surface area contributed by atoms with Crippen molar-refractivity contribution in [3.8, 4) is 0 Å². The molecule has 4 aromatic rings. The number of carbonyl (C=O) groups is 1. The van der Waals surface area contributed by atoms with Gasteiger partial charge in [-0.15, -0.1) is 0 Å². The molecule has 3 nitrogen and oxygen atoms in total. The van der Waals surface area contributed by atoms with Crippen LogP contribution in [0.3, 0.4) is 0 Å². The van der Waals surface area contributed by atoms with Gasteiger partial charge in [0.15, 0.2) is 0 Å². The molecule has 0 spiro atoms. The van der Waals surface area contributed by atoms with E-state index in [0.29, 0.717) is 12.3 Å². The van der Waals surface area contributed by atoms with Crippen molar-refractivity contribution >= 4 is 16.8 Å². The molecule has 5 rings (SSSR count). The van der Waals surface area contributed by atoms with E-state index < -0.39 is 0 Å². The van der Waals surface area contributed by atoms with Crippen LogP contribution in [-0.2, 0) is 17.8 Å². The Hall–Kier alpha value is -3.33. The lowest BCUT2D eigenvalue weighted by atomic mass is 9.89. The predicted molar refractivity (Wildman–Crippen MR) is 140 cm³/mol. The van der Waals surface area contributed by atoms with Crippen LogP contribution in [0.5, 0.6) is 0 Å². The Morgan fingerprint density at radius 1 is 0.853 bits per heavy atom. The number of hydrogen-bond donors (Lipinski definition) is 0. The second-order valence-electron chi connectivity index (χ2n) is 9.73. The highest BCUT2D eigenvalue weighted by Gasteiger charge is 2.25. The van der Waals surface area contributed by atoms with E-state index in [1.165, 1.54) is 33.2 Å². The van der Waals surface area contributed by atoms with Gasteiger partial charge in [0.05, 0.1) is 0 Å². The van der Waals surface area contributed by atoms with E-state index in [9.17, 15) is 4.79 Å². The van der Waals surface area contributed by atoms with Gasteiger partial charge < -0.3 is 9.47 Å². The highest BCUT2D eigenvalue weighted by atomic mass is 16.2. The Morgan fingerprint density at radius 2 is 1.56 bits per heavy atom. The summed E-state index contributed by atoms with van der Waals surface area (Å²) in [5.74, 6) is 0.517. The fourth-order valence-electron chi connectivity index (χ4n) is 5.28. The van der Waals surface area contributed by atoms with Crippen molar-refractivity contribution < 1.29 is 4.79 Å². The van der Waals surface area contributed by atoms with Crippen molar-refractivity contribution in [1.82, 2.24) is 9.47 Å². The predicted octanol–water partition coefficient (Wildman–Crippen LogP) is 6.73. The maximum atomic E-state index is 13.2. The summed E-state index contributed by atoms with van der Waals surface area (Å²) in [7, 11) is 0. The van der Waals surface area contributed by atoms with Gasteiger partial charge in [0.2, 0.25) is 5.91 Å². The minimum absolute atomic E-state index is 0.206. The van der Waals surface area contributed by atoms with Crippen LogP contribution in [0.25, 0.3) is 10.9 Å². The zero-order valence-corrected chi connectivity index (χ0v) is 20.1. The van der Waals surface area contributed by atoms with Gasteiger partial charge in [0.25, 0.3) is 0 Å². The SMILES string of the molecule is Cc1ccc(Cn2cc(C(CCc3ccccc3)CC(=O)N3CCCC3)c3ccccc32)cc1. The highest BCUT2D eigenvalue weighted by Crippen LogP contribution is 2.34. The van der Waals surface area contributed by atoms with Gasteiger partial charge in [-0.05, 0) is 61.3 Å². The molecule has 0 radical (unpaired) electrons. The zero-order valence-electron chi connectivity index (χ0n) is 20.1. The molecule has 1 aromatic heterocycles. The molecule has 0 saturated carbocycles. The van der Waals surface area contributed by atoms with Gasteiger partial charge >= 0.3 is 0 Å². The molecule has 1 atom stereocenters. The summed E-state index contributed by atoms with van der Waals surface area (Å²) in [6.07, 6.45) is 7.13. The van der Waals surface area contributed by atoms with E-state index in [1.54, 1.807) is 0 Å². The fourth-order valence-corrected chi connectivity index (χ4v) is 5.28. The van der Waals surface area contributed by atoms with E-state index in [4.69, 9.17) is 0 Å². The second kappa shape index (κ2) is 10.3. The molecule has 3 aromatic carbocycles. The number of hydrogen-bond acceptors (Lipinski definition) is 1. The summed E-state index contributed by atoms with van der Waals surface area (Å²) in [6, 6.07) is 28.1. The normalized spacial score (nSPS) is 14.6. The Balaban J connectivity index is 1.47. The molecule has 1 aliphatic rings. The third-order valence-electron chi connectivity index (χ3n) is 7.24. The maximum Gasteiger partial charge on any atom is 0.223 e. The number of amides is 1.